The predicted molar refractivity (Wildman–Crippen MR) is 114 cm³/mol. The number of esters is 1. The zero-order chi connectivity index (χ0) is 21.4. The van der Waals surface area contributed by atoms with Gasteiger partial charge in [0.2, 0.25) is 5.91 Å². The lowest BCUT2D eigenvalue weighted by atomic mass is 10.2. The summed E-state index contributed by atoms with van der Waals surface area (Å²) in [6.45, 7) is 2.29. The Kier molecular flexibility index (Phi) is 8.91. The minimum absolute atomic E-state index is 0.196. The molecule has 0 bridgehead atoms. The molecule has 0 aliphatic carbocycles. The minimum atomic E-state index is -0.599. The molecule has 2 aromatic rings. The molecule has 0 unspecified atom stereocenters. The SMILES string of the molecule is CCOC(=O)/C=c1\s/c(=C\c2ccc(Cl)cc2Cl)c(=O)n1CC(=O)NCCOC. The molecule has 1 amide bonds. The lowest BCUT2D eigenvalue weighted by molar-refractivity contribution is -0.135. The molecule has 7 nitrogen and oxygen atoms in total. The van der Waals surface area contributed by atoms with E-state index in [4.69, 9.17) is 32.7 Å². The van der Waals surface area contributed by atoms with Crippen LogP contribution in [-0.2, 0) is 25.6 Å². The van der Waals surface area contributed by atoms with Crippen molar-refractivity contribution in [2.24, 2.45) is 0 Å². The maximum absolute atomic E-state index is 12.9. The Morgan fingerprint density at radius 1 is 1.31 bits per heavy atom. The smallest absolute Gasteiger partial charge is 0.333 e. The summed E-state index contributed by atoms with van der Waals surface area (Å²) < 4.78 is 11.6. The van der Waals surface area contributed by atoms with Gasteiger partial charge in [0, 0.05) is 23.7 Å². The second kappa shape index (κ2) is 11.2. The lowest BCUT2D eigenvalue weighted by Gasteiger charge is -2.05. The number of ether oxygens (including phenoxy) is 2. The van der Waals surface area contributed by atoms with E-state index < -0.39 is 11.5 Å². The van der Waals surface area contributed by atoms with Crippen LogP contribution in [0.25, 0.3) is 12.2 Å². The molecule has 0 fully saturated rings. The summed E-state index contributed by atoms with van der Waals surface area (Å²) in [7, 11) is 1.52. The van der Waals surface area contributed by atoms with Gasteiger partial charge in [-0.25, -0.2) is 4.79 Å². The third kappa shape index (κ3) is 6.71. The summed E-state index contributed by atoms with van der Waals surface area (Å²) in [4.78, 5) is 36.9. The number of aromatic nitrogens is 1. The van der Waals surface area contributed by atoms with Crippen LogP contribution in [0, 0.1) is 0 Å². The zero-order valence-electron chi connectivity index (χ0n) is 15.9. The van der Waals surface area contributed by atoms with Crippen LogP contribution in [0.1, 0.15) is 12.5 Å². The molecule has 1 heterocycles. The molecular formula is C19H20Cl2N2O5S. The maximum atomic E-state index is 12.9. The van der Waals surface area contributed by atoms with Gasteiger partial charge in [0.25, 0.3) is 5.56 Å². The third-order valence-electron chi connectivity index (χ3n) is 3.64. The van der Waals surface area contributed by atoms with E-state index in [2.05, 4.69) is 5.32 Å². The zero-order valence-corrected chi connectivity index (χ0v) is 18.2. The van der Waals surface area contributed by atoms with Gasteiger partial charge in [0.05, 0.1) is 23.8 Å². The molecule has 0 spiro atoms. The Morgan fingerprint density at radius 2 is 2.07 bits per heavy atom. The molecule has 1 N–H and O–H groups in total. The summed E-state index contributed by atoms with van der Waals surface area (Å²) in [5.74, 6) is -0.977. The van der Waals surface area contributed by atoms with Crippen molar-refractivity contribution < 1.29 is 19.1 Å². The highest BCUT2D eigenvalue weighted by Crippen LogP contribution is 2.21. The first-order valence-corrected chi connectivity index (χ1v) is 10.2. The number of hydrogen-bond acceptors (Lipinski definition) is 6. The molecular weight excluding hydrogens is 439 g/mol. The fourth-order valence-corrected chi connectivity index (χ4v) is 3.81. The Bertz CT molecular complexity index is 1060. The van der Waals surface area contributed by atoms with Gasteiger partial charge < -0.3 is 14.8 Å². The van der Waals surface area contributed by atoms with E-state index in [1.165, 1.54) is 17.8 Å². The van der Waals surface area contributed by atoms with Crippen LogP contribution < -0.4 is 20.1 Å². The van der Waals surface area contributed by atoms with E-state index in [0.29, 0.717) is 38.0 Å². The molecule has 156 valence electrons. The highest BCUT2D eigenvalue weighted by atomic mass is 35.5. The van der Waals surface area contributed by atoms with E-state index >= 15 is 0 Å². The third-order valence-corrected chi connectivity index (χ3v) is 5.27. The van der Waals surface area contributed by atoms with Crippen LogP contribution in [0.4, 0.5) is 0 Å². The van der Waals surface area contributed by atoms with Crippen molar-refractivity contribution in [1.29, 1.82) is 0 Å². The second-order valence-electron chi connectivity index (χ2n) is 5.75. The molecule has 1 aromatic heterocycles. The van der Waals surface area contributed by atoms with Crippen molar-refractivity contribution in [3.05, 3.63) is 53.4 Å². The first-order valence-electron chi connectivity index (χ1n) is 8.66. The number of halogens is 2. The Balaban J connectivity index is 2.50. The van der Waals surface area contributed by atoms with Gasteiger partial charge >= 0.3 is 5.97 Å². The molecule has 0 saturated heterocycles. The van der Waals surface area contributed by atoms with Crippen molar-refractivity contribution in [3.8, 4) is 0 Å². The molecule has 0 saturated carbocycles. The number of nitrogens with zero attached hydrogens (tertiary/aromatic N) is 1. The number of methoxy groups -OCH3 is 1. The average molecular weight is 459 g/mol. The molecule has 0 aliphatic heterocycles. The summed E-state index contributed by atoms with van der Waals surface area (Å²) in [5.41, 5.74) is 0.173. The number of amides is 1. The standard InChI is InChI=1S/C19H20Cl2N2O5S/c1-3-28-18(25)10-17-23(11-16(24)22-6-7-27-2)19(26)15(29-17)8-12-4-5-13(20)9-14(12)21/h4-5,8-10H,3,6-7,11H2,1-2H3,(H,22,24)/b15-8-,17-10-. The molecule has 0 radical (unpaired) electrons. The van der Waals surface area contributed by atoms with Gasteiger partial charge in [-0.3, -0.25) is 14.2 Å². The molecule has 29 heavy (non-hydrogen) atoms. The van der Waals surface area contributed by atoms with Crippen molar-refractivity contribution in [1.82, 2.24) is 9.88 Å². The van der Waals surface area contributed by atoms with Gasteiger partial charge in [-0.15, -0.1) is 11.3 Å². The molecule has 0 atom stereocenters. The van der Waals surface area contributed by atoms with Crippen LogP contribution in [0.5, 0.6) is 0 Å². The molecule has 10 heteroatoms. The van der Waals surface area contributed by atoms with Crippen molar-refractivity contribution >= 4 is 58.6 Å². The van der Waals surface area contributed by atoms with Crippen LogP contribution in [-0.4, -0.2) is 43.3 Å². The average Bonchev–Trinajstić information content (AvgIpc) is 2.93. The normalized spacial score (nSPS) is 12.3. The van der Waals surface area contributed by atoms with Gasteiger partial charge in [0.15, 0.2) is 0 Å². The lowest BCUT2D eigenvalue weighted by Crippen LogP contribution is -2.39. The minimum Gasteiger partial charge on any atom is -0.463 e. The van der Waals surface area contributed by atoms with Crippen LogP contribution in [0.3, 0.4) is 0 Å². The summed E-state index contributed by atoms with van der Waals surface area (Å²) >= 11 is 13.1. The second-order valence-corrected chi connectivity index (χ2v) is 7.65. The van der Waals surface area contributed by atoms with E-state index in [0.717, 1.165) is 11.3 Å². The van der Waals surface area contributed by atoms with Gasteiger partial charge in [-0.2, -0.15) is 0 Å². The Hall–Kier alpha value is -2.13. The Labute approximate surface area is 181 Å². The van der Waals surface area contributed by atoms with Crippen LogP contribution in [0.2, 0.25) is 10.0 Å². The van der Waals surface area contributed by atoms with Gasteiger partial charge in [-0.1, -0.05) is 29.3 Å². The number of carbonyl (C=O) groups is 2. The summed E-state index contributed by atoms with van der Waals surface area (Å²) in [5, 5.41) is 3.50. The van der Waals surface area contributed by atoms with E-state index in [-0.39, 0.29) is 19.1 Å². The number of nitrogens with one attached hydrogen (secondary N) is 1. The fourth-order valence-electron chi connectivity index (χ4n) is 2.33. The Morgan fingerprint density at radius 3 is 2.72 bits per heavy atom. The maximum Gasteiger partial charge on any atom is 0.333 e. The highest BCUT2D eigenvalue weighted by Gasteiger charge is 2.11. The quantitative estimate of drug-likeness (QED) is 0.473. The van der Waals surface area contributed by atoms with E-state index in [1.807, 2.05) is 0 Å². The van der Waals surface area contributed by atoms with Crippen molar-refractivity contribution in [2.45, 2.75) is 13.5 Å². The van der Waals surface area contributed by atoms with Crippen molar-refractivity contribution in [3.63, 3.8) is 0 Å². The molecule has 1 aromatic carbocycles. The van der Waals surface area contributed by atoms with Gasteiger partial charge in [-0.05, 0) is 30.7 Å². The van der Waals surface area contributed by atoms with Crippen LogP contribution in [0.15, 0.2) is 23.0 Å². The number of hydrogen-bond donors (Lipinski definition) is 1. The van der Waals surface area contributed by atoms with Crippen LogP contribution >= 0.6 is 34.5 Å². The van der Waals surface area contributed by atoms with Crippen molar-refractivity contribution in [2.75, 3.05) is 26.9 Å². The predicted octanol–water partition coefficient (Wildman–Crippen LogP) is 1.15. The first-order chi connectivity index (χ1) is 13.8. The van der Waals surface area contributed by atoms with E-state index in [1.54, 1.807) is 31.2 Å². The van der Waals surface area contributed by atoms with E-state index in [9.17, 15) is 14.4 Å². The van der Waals surface area contributed by atoms with Gasteiger partial charge in [0.1, 0.15) is 11.2 Å². The number of benzene rings is 1. The monoisotopic (exact) mass is 458 g/mol. The first kappa shape index (κ1) is 23.2. The molecule has 2 rings (SSSR count). The largest absolute Gasteiger partial charge is 0.463 e. The number of carbonyl (C=O) groups excluding carboxylic acids is 2. The highest BCUT2D eigenvalue weighted by molar-refractivity contribution is 7.07. The number of rotatable bonds is 8. The topological polar surface area (TPSA) is 86.6 Å². The summed E-state index contributed by atoms with van der Waals surface area (Å²) in [6, 6.07) is 4.90. The molecule has 0 aliphatic rings. The fraction of sp³-hybridized carbons (Fsp3) is 0.316. The number of thiazole rings is 1. The summed E-state index contributed by atoms with van der Waals surface area (Å²) in [6.07, 6.45) is 2.78.